The number of aliphatic hydroxyl groups excluding tert-OH is 1. The van der Waals surface area contributed by atoms with Crippen LogP contribution in [0.4, 0.5) is 11.4 Å². The SMILES string of the molecule is CC(O)C1CCCN(c2ccc(Br)cc2[N+](=O)[O-])C1. The van der Waals surface area contributed by atoms with Gasteiger partial charge in [0.25, 0.3) is 5.69 Å². The van der Waals surface area contributed by atoms with Crippen LogP contribution in [0.25, 0.3) is 0 Å². The Hall–Kier alpha value is -1.14. The minimum absolute atomic E-state index is 0.112. The molecule has 1 saturated heterocycles. The monoisotopic (exact) mass is 328 g/mol. The molecule has 0 bridgehead atoms. The molecule has 1 heterocycles. The van der Waals surface area contributed by atoms with Gasteiger partial charge in [0.05, 0.1) is 11.0 Å². The van der Waals surface area contributed by atoms with Crippen LogP contribution in [-0.4, -0.2) is 29.2 Å². The standard InChI is InChI=1S/C13H17BrN2O3/c1-9(17)10-3-2-6-15(8-10)12-5-4-11(14)7-13(12)16(18)19/h4-5,7,9-10,17H,2-3,6,8H2,1H3. The highest BCUT2D eigenvalue weighted by molar-refractivity contribution is 9.10. The molecule has 0 aliphatic carbocycles. The average molecular weight is 329 g/mol. The number of nitrogens with zero attached hydrogens (tertiary/aromatic N) is 2. The van der Waals surface area contributed by atoms with E-state index in [1.807, 2.05) is 11.0 Å². The second-order valence-corrected chi connectivity index (χ2v) is 5.89. The number of hydrogen-bond donors (Lipinski definition) is 1. The molecule has 1 aliphatic heterocycles. The van der Waals surface area contributed by atoms with Crippen molar-refractivity contribution >= 4 is 27.3 Å². The molecule has 1 aromatic carbocycles. The topological polar surface area (TPSA) is 66.6 Å². The van der Waals surface area contributed by atoms with E-state index in [0.717, 1.165) is 19.4 Å². The van der Waals surface area contributed by atoms with Crippen molar-refractivity contribution in [2.45, 2.75) is 25.9 Å². The first-order valence-corrected chi connectivity index (χ1v) is 7.15. The van der Waals surface area contributed by atoms with E-state index in [0.29, 0.717) is 16.7 Å². The summed E-state index contributed by atoms with van der Waals surface area (Å²) in [5, 5.41) is 20.8. The van der Waals surface area contributed by atoms with E-state index in [1.54, 1.807) is 13.0 Å². The van der Waals surface area contributed by atoms with Crippen LogP contribution in [-0.2, 0) is 0 Å². The van der Waals surface area contributed by atoms with Gasteiger partial charge in [-0.3, -0.25) is 10.1 Å². The minimum atomic E-state index is -0.377. The Morgan fingerprint density at radius 3 is 2.95 bits per heavy atom. The largest absolute Gasteiger partial charge is 0.393 e. The van der Waals surface area contributed by atoms with Gasteiger partial charge in [-0.25, -0.2) is 0 Å². The number of anilines is 1. The lowest BCUT2D eigenvalue weighted by atomic mass is 9.93. The molecule has 6 heteroatoms. The first kappa shape index (κ1) is 14.3. The van der Waals surface area contributed by atoms with Crippen molar-refractivity contribution in [3.8, 4) is 0 Å². The first-order valence-electron chi connectivity index (χ1n) is 6.36. The highest BCUT2D eigenvalue weighted by Gasteiger charge is 2.27. The Morgan fingerprint density at radius 1 is 1.58 bits per heavy atom. The molecule has 1 aliphatic rings. The highest BCUT2D eigenvalue weighted by Crippen LogP contribution is 2.34. The van der Waals surface area contributed by atoms with E-state index in [1.165, 1.54) is 6.07 Å². The molecule has 0 amide bonds. The van der Waals surface area contributed by atoms with Crippen molar-refractivity contribution in [3.05, 3.63) is 32.8 Å². The quantitative estimate of drug-likeness (QED) is 0.684. The van der Waals surface area contributed by atoms with Crippen LogP contribution >= 0.6 is 15.9 Å². The Morgan fingerprint density at radius 2 is 2.32 bits per heavy atom. The molecule has 0 aromatic heterocycles. The van der Waals surface area contributed by atoms with Crippen LogP contribution in [0, 0.1) is 16.0 Å². The molecule has 2 unspecified atom stereocenters. The van der Waals surface area contributed by atoms with Crippen molar-refractivity contribution < 1.29 is 10.0 Å². The van der Waals surface area contributed by atoms with E-state index in [2.05, 4.69) is 15.9 Å². The first-order chi connectivity index (χ1) is 8.99. The van der Waals surface area contributed by atoms with Crippen molar-refractivity contribution in [2.24, 2.45) is 5.92 Å². The lowest BCUT2D eigenvalue weighted by molar-refractivity contribution is -0.384. The number of aliphatic hydroxyl groups is 1. The number of rotatable bonds is 3. The lowest BCUT2D eigenvalue weighted by Gasteiger charge is -2.35. The molecule has 1 fully saturated rings. The van der Waals surface area contributed by atoms with Gasteiger partial charge in [0.2, 0.25) is 0 Å². The maximum absolute atomic E-state index is 11.1. The molecular weight excluding hydrogens is 312 g/mol. The maximum Gasteiger partial charge on any atom is 0.293 e. The fraction of sp³-hybridized carbons (Fsp3) is 0.538. The third kappa shape index (κ3) is 3.25. The van der Waals surface area contributed by atoms with Crippen LogP contribution in [0.5, 0.6) is 0 Å². The summed E-state index contributed by atoms with van der Waals surface area (Å²) in [7, 11) is 0. The van der Waals surface area contributed by atoms with E-state index in [4.69, 9.17) is 0 Å². The summed E-state index contributed by atoms with van der Waals surface area (Å²) < 4.78 is 0.701. The third-order valence-electron chi connectivity index (χ3n) is 3.61. The second kappa shape index (κ2) is 5.88. The zero-order valence-electron chi connectivity index (χ0n) is 10.8. The normalized spacial score (nSPS) is 21.2. The fourth-order valence-electron chi connectivity index (χ4n) is 2.53. The summed E-state index contributed by atoms with van der Waals surface area (Å²) in [6.45, 7) is 3.25. The molecule has 104 valence electrons. The molecule has 1 aromatic rings. The molecule has 19 heavy (non-hydrogen) atoms. The third-order valence-corrected chi connectivity index (χ3v) is 4.11. The predicted octanol–water partition coefficient (Wildman–Crippen LogP) is 2.95. The lowest BCUT2D eigenvalue weighted by Crippen LogP contribution is -2.39. The molecule has 1 N–H and O–H groups in total. The van der Waals surface area contributed by atoms with E-state index in [9.17, 15) is 15.2 Å². The van der Waals surface area contributed by atoms with Gasteiger partial charge in [-0.15, -0.1) is 0 Å². The fourth-order valence-corrected chi connectivity index (χ4v) is 2.88. The summed E-state index contributed by atoms with van der Waals surface area (Å²) in [5.74, 6) is 0.178. The average Bonchev–Trinajstić information content (AvgIpc) is 2.38. The van der Waals surface area contributed by atoms with Crippen LogP contribution in [0.3, 0.4) is 0 Å². The number of nitro groups is 1. The Bertz CT molecular complexity index is 479. The van der Waals surface area contributed by atoms with Crippen LogP contribution < -0.4 is 4.90 Å². The number of hydrogen-bond acceptors (Lipinski definition) is 4. The van der Waals surface area contributed by atoms with Gasteiger partial charge < -0.3 is 10.0 Å². The summed E-state index contributed by atoms with van der Waals surface area (Å²) >= 11 is 3.26. The summed E-state index contributed by atoms with van der Waals surface area (Å²) in [5.41, 5.74) is 0.749. The Labute approximate surface area is 120 Å². The van der Waals surface area contributed by atoms with Crippen LogP contribution in [0.2, 0.25) is 0 Å². The number of piperidine rings is 1. The summed E-state index contributed by atoms with van der Waals surface area (Å²) in [6, 6.07) is 5.11. The zero-order chi connectivity index (χ0) is 14.0. The molecule has 0 saturated carbocycles. The molecule has 5 nitrogen and oxygen atoms in total. The van der Waals surface area contributed by atoms with Crippen molar-refractivity contribution in [2.75, 3.05) is 18.0 Å². The number of halogens is 1. The highest BCUT2D eigenvalue weighted by atomic mass is 79.9. The Balaban J connectivity index is 2.28. The maximum atomic E-state index is 11.1. The van der Waals surface area contributed by atoms with Crippen LogP contribution in [0.1, 0.15) is 19.8 Å². The van der Waals surface area contributed by atoms with Crippen molar-refractivity contribution in [3.63, 3.8) is 0 Å². The van der Waals surface area contributed by atoms with Gasteiger partial charge in [0, 0.05) is 29.5 Å². The molecule has 0 spiro atoms. The Kier molecular flexibility index (Phi) is 4.42. The molecule has 0 radical (unpaired) electrons. The molecule has 2 atom stereocenters. The second-order valence-electron chi connectivity index (χ2n) is 4.98. The van der Waals surface area contributed by atoms with Crippen molar-refractivity contribution in [1.29, 1.82) is 0 Å². The van der Waals surface area contributed by atoms with Gasteiger partial charge in [0.15, 0.2) is 0 Å². The summed E-state index contributed by atoms with van der Waals surface area (Å²) in [6.07, 6.45) is 1.54. The number of nitro benzene ring substituents is 1. The molecular formula is C13H17BrN2O3. The predicted molar refractivity (Wildman–Crippen MR) is 77.4 cm³/mol. The minimum Gasteiger partial charge on any atom is -0.393 e. The van der Waals surface area contributed by atoms with Crippen LogP contribution in [0.15, 0.2) is 22.7 Å². The smallest absolute Gasteiger partial charge is 0.293 e. The molecule has 2 rings (SSSR count). The summed E-state index contributed by atoms with van der Waals surface area (Å²) in [4.78, 5) is 12.8. The van der Waals surface area contributed by atoms with E-state index < -0.39 is 0 Å². The van der Waals surface area contributed by atoms with Crippen molar-refractivity contribution in [1.82, 2.24) is 0 Å². The van der Waals surface area contributed by atoms with Gasteiger partial charge in [-0.1, -0.05) is 15.9 Å². The van der Waals surface area contributed by atoms with Gasteiger partial charge in [-0.2, -0.15) is 0 Å². The van der Waals surface area contributed by atoms with Gasteiger partial charge in [0.1, 0.15) is 5.69 Å². The van der Waals surface area contributed by atoms with E-state index >= 15 is 0 Å². The van der Waals surface area contributed by atoms with Gasteiger partial charge in [-0.05, 0) is 31.9 Å². The van der Waals surface area contributed by atoms with Gasteiger partial charge >= 0.3 is 0 Å². The number of benzene rings is 1. The zero-order valence-corrected chi connectivity index (χ0v) is 12.3. The van der Waals surface area contributed by atoms with E-state index in [-0.39, 0.29) is 22.6 Å².